The molecule has 0 heterocycles. The molecule has 4 rings (SSSR count). The molecule has 214 valence electrons. The van der Waals surface area contributed by atoms with Gasteiger partial charge in [0.1, 0.15) is 0 Å². The Hall–Kier alpha value is -3.08. The van der Waals surface area contributed by atoms with Crippen molar-refractivity contribution < 1.29 is 22.3 Å². The fourth-order valence-corrected chi connectivity index (χ4v) is 5.45. The van der Waals surface area contributed by atoms with Gasteiger partial charge in [-0.25, -0.2) is 13.2 Å². The lowest BCUT2D eigenvalue weighted by molar-refractivity contribution is 0.241. The first kappa shape index (κ1) is 29.9. The molecule has 2 atom stereocenters. The summed E-state index contributed by atoms with van der Waals surface area (Å²) >= 11 is 0. The monoisotopic (exact) mass is 552 g/mol. The van der Waals surface area contributed by atoms with Crippen molar-refractivity contribution in [1.29, 1.82) is 0 Å². The Morgan fingerprint density at radius 2 is 1.32 bits per heavy atom. The average molecular weight is 553 g/mol. The van der Waals surface area contributed by atoms with Gasteiger partial charge >= 0.3 is 0 Å². The van der Waals surface area contributed by atoms with E-state index in [1.165, 1.54) is 31.7 Å². The quantitative estimate of drug-likeness (QED) is 0.116. The van der Waals surface area contributed by atoms with Crippen molar-refractivity contribution in [2.24, 2.45) is 11.8 Å². The summed E-state index contributed by atoms with van der Waals surface area (Å²) in [6, 6.07) is 13.4. The third-order valence-electron chi connectivity index (χ3n) is 7.95. The molecular formula is C35H40F4O. The molecule has 0 spiro atoms. The summed E-state index contributed by atoms with van der Waals surface area (Å²) < 4.78 is 64.3. The molecule has 3 aromatic rings. The van der Waals surface area contributed by atoms with E-state index in [4.69, 9.17) is 4.74 Å². The number of halogens is 4. The maximum Gasteiger partial charge on any atom is 0.200 e. The highest BCUT2D eigenvalue weighted by Gasteiger charge is 2.19. The van der Waals surface area contributed by atoms with Gasteiger partial charge in [0.25, 0.3) is 0 Å². The standard InChI is InChI=1S/C35H40F4O/c1-3-5-6-8-24-9-11-26(12-10-24)23-40-31-22-20-29(33(37)35(31)39)18-15-25-13-16-27(17-14-25)30-21-19-28(7-4-2)32(36)34(30)38/h9,11,13-14,16-17,19-22,24,26H,3-8,10,12,15,18,23H2,1-2H3. The van der Waals surface area contributed by atoms with E-state index in [1.807, 2.05) is 19.1 Å². The molecule has 0 bridgehead atoms. The van der Waals surface area contributed by atoms with Crippen molar-refractivity contribution >= 4 is 0 Å². The summed E-state index contributed by atoms with van der Waals surface area (Å²) in [5.74, 6) is -2.69. The lowest BCUT2D eigenvalue weighted by Crippen LogP contribution is -2.16. The van der Waals surface area contributed by atoms with Gasteiger partial charge in [-0.1, -0.05) is 94.1 Å². The number of hydrogen-bond acceptors (Lipinski definition) is 1. The van der Waals surface area contributed by atoms with Crippen LogP contribution < -0.4 is 4.74 Å². The molecule has 1 nitrogen and oxygen atoms in total. The van der Waals surface area contributed by atoms with Gasteiger partial charge in [0.15, 0.2) is 23.2 Å². The second kappa shape index (κ2) is 14.5. The molecule has 0 saturated heterocycles. The first-order valence-electron chi connectivity index (χ1n) is 14.7. The van der Waals surface area contributed by atoms with E-state index in [0.717, 1.165) is 24.8 Å². The number of aryl methyl sites for hydroxylation is 3. The molecule has 0 fully saturated rings. The van der Waals surface area contributed by atoms with Crippen LogP contribution in [0.2, 0.25) is 0 Å². The zero-order valence-corrected chi connectivity index (χ0v) is 23.6. The molecule has 5 heteroatoms. The van der Waals surface area contributed by atoms with Crippen LogP contribution in [0, 0.1) is 35.1 Å². The highest BCUT2D eigenvalue weighted by atomic mass is 19.2. The highest BCUT2D eigenvalue weighted by molar-refractivity contribution is 5.65. The summed E-state index contributed by atoms with van der Waals surface area (Å²) in [7, 11) is 0. The van der Waals surface area contributed by atoms with Crippen molar-refractivity contribution in [2.75, 3.05) is 6.61 Å². The van der Waals surface area contributed by atoms with E-state index in [-0.39, 0.29) is 22.8 Å². The fourth-order valence-electron chi connectivity index (χ4n) is 5.45. The molecule has 3 aromatic carbocycles. The van der Waals surface area contributed by atoms with E-state index in [9.17, 15) is 17.6 Å². The van der Waals surface area contributed by atoms with Crippen molar-refractivity contribution in [3.05, 3.63) is 101 Å². The van der Waals surface area contributed by atoms with Crippen molar-refractivity contribution in [3.63, 3.8) is 0 Å². The summed E-state index contributed by atoms with van der Waals surface area (Å²) in [4.78, 5) is 0. The SMILES string of the molecule is CCCCCC1C=CC(COc2ccc(CCc3ccc(-c4ccc(CCC)c(F)c4F)cc3)c(F)c2F)CC1. The van der Waals surface area contributed by atoms with Gasteiger partial charge in [0, 0.05) is 11.5 Å². The third kappa shape index (κ3) is 7.56. The summed E-state index contributed by atoms with van der Waals surface area (Å²) in [6.07, 6.45) is 13.5. The summed E-state index contributed by atoms with van der Waals surface area (Å²) in [5.41, 5.74) is 2.33. The molecule has 2 unspecified atom stereocenters. The van der Waals surface area contributed by atoms with E-state index < -0.39 is 23.3 Å². The number of hydrogen-bond donors (Lipinski definition) is 0. The predicted octanol–water partition coefficient (Wildman–Crippen LogP) is 10.2. The van der Waals surface area contributed by atoms with Crippen LogP contribution in [-0.4, -0.2) is 6.61 Å². The van der Waals surface area contributed by atoms with Crippen LogP contribution in [0.5, 0.6) is 5.75 Å². The first-order chi connectivity index (χ1) is 19.4. The predicted molar refractivity (Wildman–Crippen MR) is 155 cm³/mol. The molecule has 0 N–H and O–H groups in total. The van der Waals surface area contributed by atoms with Gasteiger partial charge in [-0.15, -0.1) is 0 Å². The van der Waals surface area contributed by atoms with Gasteiger partial charge in [-0.05, 0) is 72.8 Å². The van der Waals surface area contributed by atoms with E-state index in [0.29, 0.717) is 42.9 Å². The molecule has 0 aliphatic heterocycles. The van der Waals surface area contributed by atoms with Gasteiger partial charge in [0.05, 0.1) is 6.61 Å². The van der Waals surface area contributed by atoms with Crippen molar-refractivity contribution in [3.8, 4) is 16.9 Å². The molecule has 0 amide bonds. The molecule has 0 saturated carbocycles. The van der Waals surface area contributed by atoms with Crippen LogP contribution >= 0.6 is 0 Å². The molecule has 40 heavy (non-hydrogen) atoms. The van der Waals surface area contributed by atoms with Crippen LogP contribution in [0.25, 0.3) is 11.1 Å². The second-order valence-electron chi connectivity index (χ2n) is 11.0. The van der Waals surface area contributed by atoms with Crippen LogP contribution in [0.1, 0.15) is 75.5 Å². The Bertz CT molecular complexity index is 1280. The minimum Gasteiger partial charge on any atom is -0.490 e. The fraction of sp³-hybridized carbons (Fsp3) is 0.429. The van der Waals surface area contributed by atoms with Gasteiger partial charge in [-0.3, -0.25) is 0 Å². The minimum atomic E-state index is -0.950. The summed E-state index contributed by atoms with van der Waals surface area (Å²) in [5, 5.41) is 0. The second-order valence-corrected chi connectivity index (χ2v) is 11.0. The number of benzene rings is 3. The normalized spacial score (nSPS) is 16.9. The zero-order chi connectivity index (χ0) is 28.5. The maximum atomic E-state index is 14.8. The Labute approximate surface area is 236 Å². The van der Waals surface area contributed by atoms with E-state index in [2.05, 4.69) is 19.1 Å². The first-order valence-corrected chi connectivity index (χ1v) is 14.7. The minimum absolute atomic E-state index is 0.0525. The Morgan fingerprint density at radius 3 is 2.02 bits per heavy atom. The number of unbranched alkanes of at least 4 members (excludes halogenated alkanes) is 2. The maximum absolute atomic E-state index is 14.8. The van der Waals surface area contributed by atoms with Crippen molar-refractivity contribution in [1.82, 2.24) is 0 Å². The van der Waals surface area contributed by atoms with Crippen LogP contribution in [0.3, 0.4) is 0 Å². The van der Waals surface area contributed by atoms with Crippen LogP contribution in [0.4, 0.5) is 17.6 Å². The molecule has 0 radical (unpaired) electrons. The van der Waals surface area contributed by atoms with Gasteiger partial charge in [-0.2, -0.15) is 4.39 Å². The highest BCUT2D eigenvalue weighted by Crippen LogP contribution is 2.30. The lowest BCUT2D eigenvalue weighted by atomic mass is 9.86. The molecule has 0 aromatic heterocycles. The van der Waals surface area contributed by atoms with Crippen LogP contribution in [-0.2, 0) is 19.3 Å². The third-order valence-corrected chi connectivity index (χ3v) is 7.95. The lowest BCUT2D eigenvalue weighted by Gasteiger charge is -2.23. The number of ether oxygens (including phenoxy) is 1. The largest absolute Gasteiger partial charge is 0.490 e. The van der Waals surface area contributed by atoms with Crippen molar-refractivity contribution in [2.45, 2.75) is 78.1 Å². The topological polar surface area (TPSA) is 9.23 Å². The average Bonchev–Trinajstić information content (AvgIpc) is 2.97. The van der Waals surface area contributed by atoms with E-state index >= 15 is 0 Å². The Balaban J connectivity index is 1.31. The Kier molecular flexibility index (Phi) is 10.9. The smallest absolute Gasteiger partial charge is 0.200 e. The molecule has 1 aliphatic carbocycles. The molecular weight excluding hydrogens is 512 g/mol. The van der Waals surface area contributed by atoms with Gasteiger partial charge in [0.2, 0.25) is 5.82 Å². The Morgan fingerprint density at radius 1 is 0.650 bits per heavy atom. The number of rotatable bonds is 13. The van der Waals surface area contributed by atoms with E-state index in [1.54, 1.807) is 30.3 Å². The molecule has 1 aliphatic rings. The van der Waals surface area contributed by atoms with Gasteiger partial charge < -0.3 is 4.74 Å². The summed E-state index contributed by atoms with van der Waals surface area (Å²) in [6.45, 7) is 4.47. The number of allylic oxidation sites excluding steroid dienone is 1. The zero-order valence-electron chi connectivity index (χ0n) is 23.6. The van der Waals surface area contributed by atoms with Crippen LogP contribution in [0.15, 0.2) is 60.7 Å².